The second-order valence-electron chi connectivity index (χ2n) is 9.29. The van der Waals surface area contributed by atoms with Crippen molar-refractivity contribution >= 4 is 36.0 Å². The van der Waals surface area contributed by atoms with Gasteiger partial charge in [-0.3, -0.25) is 19.2 Å². The van der Waals surface area contributed by atoms with E-state index in [1.54, 1.807) is 41.5 Å². The predicted octanol–water partition coefficient (Wildman–Crippen LogP) is 2.01. The lowest BCUT2D eigenvalue weighted by atomic mass is 10.2. The fourth-order valence-corrected chi connectivity index (χ4v) is 2.31. The van der Waals surface area contributed by atoms with E-state index in [9.17, 15) is 28.8 Å². The molecule has 2 aliphatic rings. The van der Waals surface area contributed by atoms with E-state index in [0.717, 1.165) is 4.90 Å². The summed E-state index contributed by atoms with van der Waals surface area (Å²) < 4.78 is 19.0. The van der Waals surface area contributed by atoms with Gasteiger partial charge in [-0.15, -0.1) is 0 Å². The Balaban J connectivity index is 0.000000554. The monoisotopic (exact) mass is 504 g/mol. The van der Waals surface area contributed by atoms with Crippen LogP contribution in [-0.2, 0) is 38.1 Å². The van der Waals surface area contributed by atoms with E-state index in [0.29, 0.717) is 13.2 Å². The SMILES string of the molecule is CC(C)(C)OC(=O)CCC(=O)N1CCOC1=O.CC(C)(C)OC(=O)CCC(=O)O.O=C1NCCO1. The van der Waals surface area contributed by atoms with Crippen LogP contribution in [0.1, 0.15) is 67.2 Å². The smallest absolute Gasteiger partial charge is 0.416 e. The minimum Gasteiger partial charge on any atom is -0.481 e. The summed E-state index contributed by atoms with van der Waals surface area (Å²) in [7, 11) is 0. The van der Waals surface area contributed by atoms with Crippen molar-refractivity contribution in [2.24, 2.45) is 0 Å². The Hall–Kier alpha value is -3.38. The molecular weight excluding hydrogens is 468 g/mol. The Morgan fingerprint density at radius 3 is 1.69 bits per heavy atom. The molecule has 0 saturated carbocycles. The number of amides is 3. The summed E-state index contributed by atoms with van der Waals surface area (Å²) in [6.07, 6.45) is -1.24. The van der Waals surface area contributed by atoms with Crippen LogP contribution >= 0.6 is 0 Å². The number of carboxylic acids is 1. The first-order valence-corrected chi connectivity index (χ1v) is 11.0. The minimum absolute atomic E-state index is 0.0279. The maximum atomic E-state index is 11.5. The van der Waals surface area contributed by atoms with E-state index < -0.39 is 41.1 Å². The van der Waals surface area contributed by atoms with Crippen molar-refractivity contribution in [3.05, 3.63) is 0 Å². The molecule has 0 aromatic rings. The highest BCUT2D eigenvalue weighted by Gasteiger charge is 2.28. The molecule has 2 N–H and O–H groups in total. The molecule has 13 nitrogen and oxygen atoms in total. The highest BCUT2D eigenvalue weighted by molar-refractivity contribution is 5.94. The van der Waals surface area contributed by atoms with Crippen LogP contribution in [-0.4, -0.2) is 83.5 Å². The number of carbonyl (C=O) groups is 6. The van der Waals surface area contributed by atoms with Crippen LogP contribution in [0.5, 0.6) is 0 Å². The van der Waals surface area contributed by atoms with Gasteiger partial charge >= 0.3 is 30.1 Å². The first kappa shape index (κ1) is 31.6. The lowest BCUT2D eigenvalue weighted by Gasteiger charge is -2.19. The van der Waals surface area contributed by atoms with Crippen LogP contribution in [0.3, 0.4) is 0 Å². The number of ether oxygens (including phenoxy) is 4. The topological polar surface area (TPSA) is 175 Å². The van der Waals surface area contributed by atoms with Gasteiger partial charge in [-0.2, -0.15) is 0 Å². The molecule has 0 aromatic heterocycles. The van der Waals surface area contributed by atoms with E-state index >= 15 is 0 Å². The van der Waals surface area contributed by atoms with Crippen molar-refractivity contribution < 1.29 is 52.8 Å². The van der Waals surface area contributed by atoms with Crippen LogP contribution in [0.4, 0.5) is 9.59 Å². The number of aliphatic carboxylic acids is 1. The number of carboxylic acid groups (broad SMARTS) is 1. The number of alkyl carbamates (subject to hydrolysis) is 1. The largest absolute Gasteiger partial charge is 0.481 e. The highest BCUT2D eigenvalue weighted by atomic mass is 16.6. The van der Waals surface area contributed by atoms with Crippen LogP contribution in [0.15, 0.2) is 0 Å². The summed E-state index contributed by atoms with van der Waals surface area (Å²) in [6, 6.07) is 0. The van der Waals surface area contributed by atoms with Gasteiger partial charge in [-0.25, -0.2) is 14.5 Å². The molecule has 0 bridgehead atoms. The third-order valence-electron chi connectivity index (χ3n) is 3.59. The maximum Gasteiger partial charge on any atom is 0.416 e. The Morgan fingerprint density at radius 2 is 1.37 bits per heavy atom. The molecule has 35 heavy (non-hydrogen) atoms. The average Bonchev–Trinajstić information content (AvgIpc) is 3.34. The summed E-state index contributed by atoms with van der Waals surface area (Å²) in [5.41, 5.74) is -1.09. The molecule has 0 spiro atoms. The van der Waals surface area contributed by atoms with Gasteiger partial charge in [0.1, 0.15) is 24.4 Å². The lowest BCUT2D eigenvalue weighted by molar-refractivity contribution is -0.157. The van der Waals surface area contributed by atoms with Crippen LogP contribution in [0, 0.1) is 0 Å². The molecule has 2 fully saturated rings. The summed E-state index contributed by atoms with van der Waals surface area (Å²) in [5, 5.41) is 10.7. The van der Waals surface area contributed by atoms with Crippen molar-refractivity contribution in [2.75, 3.05) is 26.3 Å². The summed E-state index contributed by atoms with van der Waals surface area (Å²) in [4.78, 5) is 65.8. The zero-order valence-electron chi connectivity index (χ0n) is 21.1. The number of imide groups is 1. The number of nitrogens with zero attached hydrogens (tertiary/aromatic N) is 1. The number of cyclic esters (lactones) is 2. The Labute approximate surface area is 204 Å². The van der Waals surface area contributed by atoms with E-state index in [2.05, 4.69) is 14.8 Å². The van der Waals surface area contributed by atoms with Crippen molar-refractivity contribution in [1.82, 2.24) is 10.2 Å². The number of nitrogens with one attached hydrogen (secondary N) is 1. The molecule has 200 valence electrons. The van der Waals surface area contributed by atoms with Crippen molar-refractivity contribution in [3.63, 3.8) is 0 Å². The molecule has 2 rings (SSSR count). The van der Waals surface area contributed by atoms with Gasteiger partial charge in [0.25, 0.3) is 0 Å². The average molecular weight is 505 g/mol. The third kappa shape index (κ3) is 17.7. The quantitative estimate of drug-likeness (QED) is 0.400. The van der Waals surface area contributed by atoms with Gasteiger partial charge < -0.3 is 29.4 Å². The van der Waals surface area contributed by atoms with E-state index in [1.165, 1.54) is 0 Å². The van der Waals surface area contributed by atoms with E-state index in [-0.39, 0.29) is 44.9 Å². The normalized spacial score (nSPS) is 14.7. The highest BCUT2D eigenvalue weighted by Crippen LogP contribution is 2.11. The van der Waals surface area contributed by atoms with Crippen molar-refractivity contribution in [3.8, 4) is 0 Å². The number of carbonyl (C=O) groups excluding carboxylic acids is 5. The molecule has 2 saturated heterocycles. The molecule has 2 aliphatic heterocycles. The lowest BCUT2D eigenvalue weighted by Crippen LogP contribution is -2.32. The van der Waals surface area contributed by atoms with Gasteiger partial charge in [0, 0.05) is 6.42 Å². The summed E-state index contributed by atoms with van der Waals surface area (Å²) in [5.74, 6) is -2.30. The second kappa shape index (κ2) is 14.8. The number of rotatable bonds is 6. The molecule has 0 aromatic carbocycles. The number of esters is 2. The molecule has 0 unspecified atom stereocenters. The van der Waals surface area contributed by atoms with Gasteiger partial charge in [-0.05, 0) is 41.5 Å². The molecular formula is C22H36N2O11. The van der Waals surface area contributed by atoms with Crippen molar-refractivity contribution in [1.29, 1.82) is 0 Å². The minimum atomic E-state index is -0.985. The van der Waals surface area contributed by atoms with Crippen LogP contribution in [0.2, 0.25) is 0 Å². The molecule has 0 aliphatic carbocycles. The van der Waals surface area contributed by atoms with Gasteiger partial charge in [0.2, 0.25) is 5.91 Å². The van der Waals surface area contributed by atoms with E-state index in [1.807, 2.05) is 0 Å². The Bertz CT molecular complexity index is 758. The third-order valence-corrected chi connectivity index (χ3v) is 3.59. The summed E-state index contributed by atoms with van der Waals surface area (Å²) in [6.45, 7) is 12.2. The van der Waals surface area contributed by atoms with E-state index in [4.69, 9.17) is 14.6 Å². The fraction of sp³-hybridized carbons (Fsp3) is 0.727. The molecule has 0 atom stereocenters. The maximum absolute atomic E-state index is 11.5. The number of hydrogen-bond acceptors (Lipinski definition) is 10. The molecule has 3 amide bonds. The fourth-order valence-electron chi connectivity index (χ4n) is 2.31. The first-order chi connectivity index (χ1) is 16.0. The van der Waals surface area contributed by atoms with Gasteiger partial charge in [0.05, 0.1) is 32.4 Å². The first-order valence-electron chi connectivity index (χ1n) is 11.0. The standard InChI is InChI=1S/C11H17NO5.C8H14O4.C3H5NO2/c1-11(2,3)17-9(14)5-4-8(13)12-6-7-16-10(12)15;1-8(2,3)12-7(11)5-4-6(9)10;5-3-4-1-2-6-3/h4-7H2,1-3H3;4-5H2,1-3H3,(H,9,10);1-2H2,(H,4,5). The molecule has 13 heteroatoms. The zero-order valence-corrected chi connectivity index (χ0v) is 21.1. The van der Waals surface area contributed by atoms with Gasteiger partial charge in [0.15, 0.2) is 0 Å². The van der Waals surface area contributed by atoms with Gasteiger partial charge in [-0.1, -0.05) is 0 Å². The predicted molar refractivity (Wildman–Crippen MR) is 120 cm³/mol. The van der Waals surface area contributed by atoms with Crippen molar-refractivity contribution in [2.45, 2.75) is 78.4 Å². The Morgan fingerprint density at radius 1 is 0.857 bits per heavy atom. The molecule has 2 heterocycles. The van der Waals surface area contributed by atoms with Crippen LogP contribution in [0.25, 0.3) is 0 Å². The second-order valence-corrected chi connectivity index (χ2v) is 9.29. The summed E-state index contributed by atoms with van der Waals surface area (Å²) >= 11 is 0. The zero-order chi connectivity index (χ0) is 27.2. The molecule has 0 radical (unpaired) electrons. The number of hydrogen-bond donors (Lipinski definition) is 2. The van der Waals surface area contributed by atoms with Crippen LogP contribution < -0.4 is 5.32 Å². The Kier molecular flexibility index (Phi) is 13.4.